The third kappa shape index (κ3) is 6.55. The number of aromatic amines is 1. The third-order valence-electron chi connectivity index (χ3n) is 6.85. The first kappa shape index (κ1) is 26.7. The highest BCUT2D eigenvalue weighted by Crippen LogP contribution is 2.17. The molecule has 0 radical (unpaired) electrons. The largest absolute Gasteiger partial charge is 0.459 e. The summed E-state index contributed by atoms with van der Waals surface area (Å²) in [6.45, 7) is 2.46. The predicted octanol–water partition coefficient (Wildman–Crippen LogP) is 3.46. The lowest BCUT2D eigenvalue weighted by Crippen LogP contribution is -2.49. The molecule has 9 nitrogen and oxygen atoms in total. The maximum Gasteiger partial charge on any atom is 0.329 e. The summed E-state index contributed by atoms with van der Waals surface area (Å²) in [7, 11) is 0. The summed E-state index contributed by atoms with van der Waals surface area (Å²) >= 11 is 0. The first-order valence-electron chi connectivity index (χ1n) is 13.3. The van der Waals surface area contributed by atoms with Crippen LogP contribution in [0.1, 0.15) is 32.1 Å². The third-order valence-corrected chi connectivity index (χ3v) is 6.85. The van der Waals surface area contributed by atoms with Gasteiger partial charge in [0.2, 0.25) is 0 Å². The molecule has 0 saturated carbocycles. The number of hydrogen-bond acceptors (Lipinski definition) is 6. The summed E-state index contributed by atoms with van der Waals surface area (Å²) < 4.78 is 5.54. The van der Waals surface area contributed by atoms with E-state index in [2.05, 4.69) is 20.2 Å². The van der Waals surface area contributed by atoms with E-state index < -0.39 is 17.9 Å². The first-order chi connectivity index (χ1) is 19.6. The van der Waals surface area contributed by atoms with Gasteiger partial charge in [-0.05, 0) is 23.3 Å². The van der Waals surface area contributed by atoms with Crippen molar-refractivity contribution >= 4 is 23.5 Å². The fourth-order valence-electron chi connectivity index (χ4n) is 4.69. The minimum atomic E-state index is -0.965. The zero-order valence-corrected chi connectivity index (χ0v) is 22.0. The molecule has 1 aliphatic rings. The Hall–Kier alpha value is -4.92. The molecule has 40 heavy (non-hydrogen) atoms. The molecule has 2 N–H and O–H groups in total. The van der Waals surface area contributed by atoms with Crippen LogP contribution in [0.25, 0.3) is 0 Å². The summed E-state index contributed by atoms with van der Waals surface area (Å²) in [6.07, 6.45) is 1.55. The Balaban J connectivity index is 1.25. The minimum absolute atomic E-state index is 0.0515. The van der Waals surface area contributed by atoms with Crippen molar-refractivity contribution in [1.29, 1.82) is 0 Å². The standard InChI is InChI=1S/C31H31N5O4/c37-29(34-26(20-23-10-4-1-5-11-23)31(39)40-21-24-12-6-2-7-13-24)27-28(33-22-32-27)30(38)36-18-16-35(17-19-36)25-14-8-3-9-15-25/h1-15,22,26H,16-21H2,(H,32,33)(H,34,37). The van der Waals surface area contributed by atoms with E-state index in [0.717, 1.165) is 16.8 Å². The van der Waals surface area contributed by atoms with E-state index in [0.29, 0.717) is 26.2 Å². The Bertz CT molecular complexity index is 1420. The van der Waals surface area contributed by atoms with Crippen molar-refractivity contribution in [3.05, 3.63) is 120 Å². The summed E-state index contributed by atoms with van der Waals surface area (Å²) in [6, 6.07) is 27.8. The normalized spacial score (nSPS) is 13.9. The van der Waals surface area contributed by atoms with E-state index in [9.17, 15) is 14.4 Å². The SMILES string of the molecule is O=C(NC(Cc1ccccc1)C(=O)OCc1ccccc1)c1nc[nH]c1C(=O)N1CCN(c2ccccc2)CC1. The van der Waals surface area contributed by atoms with Gasteiger partial charge in [0.1, 0.15) is 18.3 Å². The van der Waals surface area contributed by atoms with Gasteiger partial charge in [-0.3, -0.25) is 9.59 Å². The molecule has 1 aromatic heterocycles. The predicted molar refractivity (Wildman–Crippen MR) is 151 cm³/mol. The maximum absolute atomic E-state index is 13.4. The topological polar surface area (TPSA) is 108 Å². The highest BCUT2D eigenvalue weighted by Gasteiger charge is 2.30. The van der Waals surface area contributed by atoms with Crippen molar-refractivity contribution < 1.29 is 19.1 Å². The number of rotatable bonds is 9. The summed E-state index contributed by atoms with van der Waals surface area (Å²) in [5.74, 6) is -1.49. The number of carbonyl (C=O) groups excluding carboxylic acids is 3. The average molecular weight is 538 g/mol. The van der Waals surface area contributed by atoms with Crippen molar-refractivity contribution in [1.82, 2.24) is 20.2 Å². The summed E-state index contributed by atoms with van der Waals surface area (Å²) in [5.41, 5.74) is 2.86. The molecule has 4 aromatic rings. The van der Waals surface area contributed by atoms with E-state index in [1.165, 1.54) is 6.33 Å². The van der Waals surface area contributed by atoms with Crippen LogP contribution in [0.4, 0.5) is 5.69 Å². The zero-order chi connectivity index (χ0) is 27.7. The number of H-pyrrole nitrogens is 1. The second-order valence-electron chi connectivity index (χ2n) is 9.55. The number of imidazole rings is 1. The summed E-state index contributed by atoms with van der Waals surface area (Å²) in [4.78, 5) is 50.7. The number of para-hydroxylation sites is 1. The van der Waals surface area contributed by atoms with Crippen LogP contribution in [0, 0.1) is 0 Å². The van der Waals surface area contributed by atoms with Gasteiger partial charge in [0.25, 0.3) is 11.8 Å². The zero-order valence-electron chi connectivity index (χ0n) is 22.0. The van der Waals surface area contributed by atoms with Gasteiger partial charge >= 0.3 is 5.97 Å². The number of aromatic nitrogens is 2. The molecule has 0 bridgehead atoms. The number of carbonyl (C=O) groups is 3. The lowest BCUT2D eigenvalue weighted by molar-refractivity contribution is -0.147. The van der Waals surface area contributed by atoms with Crippen molar-refractivity contribution in [3.8, 4) is 0 Å². The number of nitrogens with one attached hydrogen (secondary N) is 2. The number of amides is 2. The van der Waals surface area contributed by atoms with Crippen molar-refractivity contribution in [2.75, 3.05) is 31.1 Å². The summed E-state index contributed by atoms with van der Waals surface area (Å²) in [5, 5.41) is 2.76. The molecule has 1 saturated heterocycles. The van der Waals surface area contributed by atoms with Crippen LogP contribution in [-0.2, 0) is 22.6 Å². The molecular weight excluding hydrogens is 506 g/mol. The fourth-order valence-corrected chi connectivity index (χ4v) is 4.69. The number of nitrogens with zero attached hydrogens (tertiary/aromatic N) is 3. The van der Waals surface area contributed by atoms with Gasteiger partial charge in [0.05, 0.1) is 6.33 Å². The highest BCUT2D eigenvalue weighted by molar-refractivity contribution is 6.05. The van der Waals surface area contributed by atoms with Gasteiger partial charge in [0.15, 0.2) is 5.69 Å². The van der Waals surface area contributed by atoms with Crippen LogP contribution in [0.15, 0.2) is 97.3 Å². The van der Waals surface area contributed by atoms with E-state index in [1.54, 1.807) is 4.90 Å². The highest BCUT2D eigenvalue weighted by atomic mass is 16.5. The molecule has 204 valence electrons. The maximum atomic E-state index is 13.4. The molecule has 0 spiro atoms. The van der Waals surface area contributed by atoms with E-state index >= 15 is 0 Å². The van der Waals surface area contributed by atoms with E-state index in [4.69, 9.17) is 4.74 Å². The number of piperazine rings is 1. The number of ether oxygens (including phenoxy) is 1. The molecule has 1 atom stereocenters. The molecule has 9 heteroatoms. The molecule has 3 aromatic carbocycles. The lowest BCUT2D eigenvalue weighted by atomic mass is 10.1. The minimum Gasteiger partial charge on any atom is -0.459 e. The second-order valence-corrected chi connectivity index (χ2v) is 9.55. The van der Waals surface area contributed by atoms with Gasteiger partial charge in [-0.25, -0.2) is 9.78 Å². The van der Waals surface area contributed by atoms with Crippen LogP contribution >= 0.6 is 0 Å². The Morgan fingerprint density at radius 1 is 0.825 bits per heavy atom. The second kappa shape index (κ2) is 12.8. The average Bonchev–Trinajstić information content (AvgIpc) is 3.51. The molecule has 1 unspecified atom stereocenters. The van der Waals surface area contributed by atoms with Crippen molar-refractivity contribution in [2.24, 2.45) is 0 Å². The van der Waals surface area contributed by atoms with Gasteiger partial charge in [-0.1, -0.05) is 78.9 Å². The molecule has 0 aliphatic carbocycles. The number of hydrogen-bond donors (Lipinski definition) is 2. The molecule has 1 aliphatic heterocycles. The van der Waals surface area contributed by atoms with Crippen molar-refractivity contribution in [3.63, 3.8) is 0 Å². The molecule has 2 heterocycles. The Kier molecular flexibility index (Phi) is 8.50. The Morgan fingerprint density at radius 2 is 1.43 bits per heavy atom. The van der Waals surface area contributed by atoms with Crippen molar-refractivity contribution in [2.45, 2.75) is 19.1 Å². The van der Waals surface area contributed by atoms with Gasteiger partial charge in [-0.15, -0.1) is 0 Å². The van der Waals surface area contributed by atoms with Gasteiger partial charge in [-0.2, -0.15) is 0 Å². The molecule has 2 amide bonds. The molecular formula is C31H31N5O4. The Morgan fingerprint density at radius 3 is 2.08 bits per heavy atom. The monoisotopic (exact) mass is 537 g/mol. The van der Waals surface area contributed by atoms with Crippen LogP contribution in [-0.4, -0.2) is 64.9 Å². The smallest absolute Gasteiger partial charge is 0.329 e. The van der Waals surface area contributed by atoms with Crippen LogP contribution in [0.3, 0.4) is 0 Å². The number of anilines is 1. The van der Waals surface area contributed by atoms with Crippen LogP contribution in [0.2, 0.25) is 0 Å². The van der Waals surface area contributed by atoms with Crippen LogP contribution in [0.5, 0.6) is 0 Å². The lowest BCUT2D eigenvalue weighted by Gasteiger charge is -2.36. The Labute approximate surface area is 232 Å². The van der Waals surface area contributed by atoms with Gasteiger partial charge in [0, 0.05) is 38.3 Å². The number of benzene rings is 3. The first-order valence-corrected chi connectivity index (χ1v) is 13.3. The van der Waals surface area contributed by atoms with E-state index in [1.807, 2.05) is 91.0 Å². The van der Waals surface area contributed by atoms with E-state index in [-0.39, 0.29) is 30.3 Å². The van der Waals surface area contributed by atoms with Crippen LogP contribution < -0.4 is 10.2 Å². The fraction of sp³-hybridized carbons (Fsp3) is 0.226. The molecule has 1 fully saturated rings. The quantitative estimate of drug-likeness (QED) is 0.317. The molecule has 5 rings (SSSR count). The number of esters is 1. The van der Waals surface area contributed by atoms with Gasteiger partial charge < -0.3 is 24.8 Å².